The maximum absolute atomic E-state index is 14.4. The first-order valence-corrected chi connectivity index (χ1v) is 24.1. The van der Waals surface area contributed by atoms with Gasteiger partial charge in [-0.2, -0.15) is 0 Å². The summed E-state index contributed by atoms with van der Waals surface area (Å²) in [6, 6.07) is 11.6. The van der Waals surface area contributed by atoms with Gasteiger partial charge in [-0.3, -0.25) is 9.59 Å². The van der Waals surface area contributed by atoms with Crippen LogP contribution in [0, 0.1) is 29.1 Å². The number of nitrogens with zero attached hydrogens (tertiary/aromatic N) is 4. The van der Waals surface area contributed by atoms with Crippen LogP contribution in [0.1, 0.15) is 89.0 Å². The molecule has 0 spiro atoms. The van der Waals surface area contributed by atoms with Gasteiger partial charge in [0.1, 0.15) is 23.7 Å². The maximum Gasteiger partial charge on any atom is 0.407 e. The number of hydrogen-bond donors (Lipinski definition) is 4. The molecule has 0 bridgehead atoms. The van der Waals surface area contributed by atoms with Crippen LogP contribution in [-0.4, -0.2) is 119 Å². The predicted molar refractivity (Wildman–Crippen MR) is 250 cm³/mol. The topological polar surface area (TPSA) is 193 Å². The van der Waals surface area contributed by atoms with E-state index in [-0.39, 0.29) is 41.1 Å². The lowest BCUT2D eigenvalue weighted by Crippen LogP contribution is -2.54. The fourth-order valence-corrected chi connectivity index (χ4v) is 11.0. The van der Waals surface area contributed by atoms with Gasteiger partial charge in [0.15, 0.2) is 0 Å². The number of methoxy groups -OCH3 is 2. The smallest absolute Gasteiger partial charge is 0.407 e. The van der Waals surface area contributed by atoms with Gasteiger partial charge in [-0.15, -0.1) is 0 Å². The van der Waals surface area contributed by atoms with E-state index in [9.17, 15) is 19.2 Å². The van der Waals surface area contributed by atoms with E-state index in [4.69, 9.17) is 28.9 Å². The largest absolute Gasteiger partial charge is 0.453 e. The summed E-state index contributed by atoms with van der Waals surface area (Å²) in [7, 11) is 2.64. The Balaban J connectivity index is 0.903. The van der Waals surface area contributed by atoms with Crippen molar-refractivity contribution >= 4 is 24.0 Å². The van der Waals surface area contributed by atoms with Gasteiger partial charge in [0.05, 0.1) is 51.1 Å². The molecule has 5 aliphatic rings. The van der Waals surface area contributed by atoms with Crippen molar-refractivity contribution in [3.63, 3.8) is 0 Å². The normalized spacial score (nSPS) is 23.1. The Kier molecular flexibility index (Phi) is 13.5. The zero-order chi connectivity index (χ0) is 47.0. The number of hydrogen-bond acceptors (Lipinski definition) is 10. The molecule has 2 aliphatic heterocycles. The highest BCUT2D eigenvalue weighted by molar-refractivity contribution is 5.87. The average Bonchev–Trinajstić information content (AvgIpc) is 3.78. The number of carbonyl (C=O) groups excluding carboxylic acids is 4. The van der Waals surface area contributed by atoms with Gasteiger partial charge < -0.3 is 49.3 Å². The van der Waals surface area contributed by atoms with Crippen LogP contribution >= 0.6 is 0 Å². The molecule has 1 unspecified atom stereocenters. The van der Waals surface area contributed by atoms with E-state index >= 15 is 0 Å². The third-order valence-electron chi connectivity index (χ3n) is 15.4. The number of benzene rings is 2. The third kappa shape index (κ3) is 9.83. The van der Waals surface area contributed by atoms with E-state index in [1.54, 1.807) is 0 Å². The van der Waals surface area contributed by atoms with E-state index < -0.39 is 24.3 Å². The second-order valence-electron chi connectivity index (χ2n) is 20.0. The van der Waals surface area contributed by atoms with Crippen LogP contribution in [0.5, 0.6) is 0 Å². The highest BCUT2D eigenvalue weighted by Crippen LogP contribution is 2.50. The van der Waals surface area contributed by atoms with Crippen molar-refractivity contribution in [2.24, 2.45) is 29.1 Å². The number of amides is 4. The molecular weight excluding hydrogens is 853 g/mol. The second kappa shape index (κ2) is 19.5. The van der Waals surface area contributed by atoms with Crippen molar-refractivity contribution in [3.05, 3.63) is 71.6 Å². The quantitative estimate of drug-likeness (QED) is 0.0962. The van der Waals surface area contributed by atoms with E-state index in [1.165, 1.54) is 30.9 Å². The SMILES string of the molecule is COC(=O)N[C@H](C(=O)N(Cc1ncc(-c2ccc(-c3ccc(-c4cnc(CN(C(=O)[C@@H](NC(=O)OC)C5CCOCC5)[C@H]5CC5(C)C)[nH]4)c4c3CCC4)cc2)[nH]1)C1[C@@H](C)[C@H]1C)C1CCOCC1. The Morgan fingerprint density at radius 3 is 1.69 bits per heavy atom. The minimum Gasteiger partial charge on any atom is -0.453 e. The third-order valence-corrected chi connectivity index (χ3v) is 15.4. The first-order chi connectivity index (χ1) is 32.3. The number of nitrogens with one attached hydrogen (secondary N) is 4. The molecule has 4 heterocycles. The highest BCUT2D eigenvalue weighted by atomic mass is 16.5. The molecule has 2 aromatic carbocycles. The van der Waals surface area contributed by atoms with Crippen molar-refractivity contribution in [3.8, 4) is 33.6 Å². The zero-order valence-electron chi connectivity index (χ0n) is 39.7. The first-order valence-electron chi connectivity index (χ1n) is 24.1. The lowest BCUT2D eigenvalue weighted by molar-refractivity contribution is -0.138. The summed E-state index contributed by atoms with van der Waals surface area (Å²) in [5.41, 5.74) is 8.84. The van der Waals surface area contributed by atoms with Gasteiger partial charge in [-0.25, -0.2) is 19.6 Å². The van der Waals surface area contributed by atoms with Gasteiger partial charge in [0.2, 0.25) is 11.8 Å². The minimum atomic E-state index is -0.711. The molecule has 2 aromatic heterocycles. The standard InChI is InChI=1S/C51H66N8O8/c1-29-30(2)46(29)59(48(61)45(57-50(63)65-6)34-18-22-67-23-19-34)28-43-52-25-39(54-43)32-12-10-31(11-13-32)35-14-15-38(37-9-7-8-36(35)37)40-26-53-42(55-40)27-58(41-24-51(41,3)4)47(60)44(56-49(62)64-5)33-16-20-66-21-17-33/h10-15,25-26,29-30,33-34,41,44-46H,7-9,16-24,27-28H2,1-6H3,(H,52,54)(H,53,55)(H,56,62)(H,57,63)/t29-,30+,41-,44-,45-,46?/m0/s1. The van der Waals surface area contributed by atoms with Crippen LogP contribution < -0.4 is 10.6 Å². The Morgan fingerprint density at radius 1 is 0.701 bits per heavy atom. The molecule has 4 N–H and O–H groups in total. The minimum absolute atomic E-state index is 0.0280. The zero-order valence-corrected chi connectivity index (χ0v) is 39.7. The van der Waals surface area contributed by atoms with E-state index in [0.717, 1.165) is 53.8 Å². The van der Waals surface area contributed by atoms with E-state index in [2.05, 4.69) is 84.7 Å². The molecule has 358 valence electrons. The summed E-state index contributed by atoms with van der Waals surface area (Å²) in [5, 5.41) is 5.72. The Labute approximate surface area is 392 Å². The molecule has 16 heteroatoms. The van der Waals surface area contributed by atoms with Crippen LogP contribution in [-0.2, 0) is 54.5 Å². The Bertz CT molecular complexity index is 2430. The summed E-state index contributed by atoms with van der Waals surface area (Å²) in [5.74, 6) is 1.73. The van der Waals surface area contributed by atoms with Crippen LogP contribution in [0.15, 0.2) is 48.8 Å². The molecule has 6 atom stereocenters. The van der Waals surface area contributed by atoms with Crippen molar-refractivity contribution in [2.75, 3.05) is 40.6 Å². The number of fused-ring (bicyclic) bond motifs is 1. The predicted octanol–water partition coefficient (Wildman–Crippen LogP) is 7.04. The number of alkyl carbamates (subject to hydrolysis) is 2. The summed E-state index contributed by atoms with van der Waals surface area (Å²) < 4.78 is 21.0. The first kappa shape index (κ1) is 46.4. The van der Waals surface area contributed by atoms with Crippen LogP contribution in [0.3, 0.4) is 0 Å². The average molecular weight is 919 g/mol. The number of H-pyrrole nitrogens is 2. The summed E-state index contributed by atoms with van der Waals surface area (Å²) >= 11 is 0. The van der Waals surface area contributed by atoms with Gasteiger partial charge in [0, 0.05) is 44.1 Å². The van der Waals surface area contributed by atoms with Gasteiger partial charge >= 0.3 is 12.2 Å². The van der Waals surface area contributed by atoms with Gasteiger partial charge in [0.25, 0.3) is 0 Å². The second-order valence-corrected chi connectivity index (χ2v) is 20.0. The Morgan fingerprint density at radius 2 is 1.16 bits per heavy atom. The lowest BCUT2D eigenvalue weighted by Gasteiger charge is -2.34. The molecule has 67 heavy (non-hydrogen) atoms. The molecule has 16 nitrogen and oxygen atoms in total. The molecule has 3 aliphatic carbocycles. The van der Waals surface area contributed by atoms with Crippen LogP contribution in [0.25, 0.3) is 33.6 Å². The van der Waals surface area contributed by atoms with Crippen molar-refractivity contribution < 1.29 is 38.1 Å². The number of aromatic nitrogens is 4. The summed E-state index contributed by atoms with van der Waals surface area (Å²) in [4.78, 5) is 74.1. The van der Waals surface area contributed by atoms with E-state index in [0.29, 0.717) is 88.7 Å². The lowest BCUT2D eigenvalue weighted by atomic mass is 9.90. The van der Waals surface area contributed by atoms with Crippen molar-refractivity contribution in [1.82, 2.24) is 40.4 Å². The molecule has 9 rings (SSSR count). The number of carbonyl (C=O) groups is 4. The Hall–Kier alpha value is -5.74. The van der Waals surface area contributed by atoms with Gasteiger partial charge in [-0.1, -0.05) is 64.1 Å². The summed E-state index contributed by atoms with van der Waals surface area (Å²) in [6.07, 6.45) is 9.09. The molecular formula is C51H66N8O8. The molecule has 2 saturated carbocycles. The fourth-order valence-electron chi connectivity index (χ4n) is 11.0. The molecule has 4 fully saturated rings. The molecule has 2 saturated heterocycles. The highest BCUT2D eigenvalue weighted by Gasteiger charge is 2.53. The molecule has 4 amide bonds. The number of rotatable bonds is 15. The molecule has 4 aromatic rings. The van der Waals surface area contributed by atoms with Crippen LogP contribution in [0.4, 0.5) is 9.59 Å². The van der Waals surface area contributed by atoms with E-state index in [1.807, 2.05) is 22.2 Å². The fraction of sp³-hybridized carbons (Fsp3) is 0.569. The van der Waals surface area contributed by atoms with Crippen LogP contribution in [0.2, 0.25) is 0 Å². The summed E-state index contributed by atoms with van der Waals surface area (Å²) in [6.45, 7) is 11.5. The number of imidazole rings is 2. The maximum atomic E-state index is 14.4. The van der Waals surface area contributed by atoms with Gasteiger partial charge in [-0.05, 0) is 108 Å². The van der Waals surface area contributed by atoms with Crippen molar-refractivity contribution in [1.29, 1.82) is 0 Å². The van der Waals surface area contributed by atoms with Crippen molar-refractivity contribution in [2.45, 2.75) is 116 Å². The monoisotopic (exact) mass is 919 g/mol. The number of aromatic amines is 2. The number of ether oxygens (including phenoxy) is 4. The molecule has 0 radical (unpaired) electrons.